The molecule has 25 heavy (non-hydrogen) atoms. The SMILES string of the molecule is COc1ccc(C2C(C(=O)O)=CN(C)C=C2C(=O)O)c(OC)c1OC. The highest BCUT2D eigenvalue weighted by atomic mass is 16.5. The van der Waals surface area contributed by atoms with E-state index >= 15 is 0 Å². The standard InChI is InChI=1S/C17H19NO7/c1-18-7-10(16(19)20)13(11(8-18)17(21)22)9-5-6-12(23-2)15(25-4)14(9)24-3/h5-8,13H,1-4H3,(H,19,20)(H,21,22). The van der Waals surface area contributed by atoms with Crippen molar-refractivity contribution in [3.05, 3.63) is 41.2 Å². The van der Waals surface area contributed by atoms with Gasteiger partial charge in [0.1, 0.15) is 0 Å². The molecule has 1 aliphatic heterocycles. The first-order valence-corrected chi connectivity index (χ1v) is 7.26. The number of carbonyl (C=O) groups is 2. The van der Waals surface area contributed by atoms with E-state index in [1.165, 1.54) is 38.6 Å². The van der Waals surface area contributed by atoms with Gasteiger partial charge in [-0.3, -0.25) is 0 Å². The Morgan fingerprint density at radius 3 is 1.84 bits per heavy atom. The van der Waals surface area contributed by atoms with Crippen LogP contribution in [-0.4, -0.2) is 55.4 Å². The van der Waals surface area contributed by atoms with E-state index in [1.807, 2.05) is 0 Å². The van der Waals surface area contributed by atoms with Crippen molar-refractivity contribution in [3.8, 4) is 17.2 Å². The Balaban J connectivity index is 2.75. The zero-order valence-electron chi connectivity index (χ0n) is 14.3. The molecular formula is C17H19NO7. The second kappa shape index (κ2) is 7.16. The fourth-order valence-electron chi connectivity index (χ4n) is 2.84. The van der Waals surface area contributed by atoms with Gasteiger partial charge in [-0.25, -0.2) is 9.59 Å². The molecule has 1 aliphatic rings. The number of nitrogens with zero attached hydrogens (tertiary/aromatic N) is 1. The number of benzene rings is 1. The smallest absolute Gasteiger partial charge is 0.334 e. The van der Waals surface area contributed by atoms with Gasteiger partial charge in [0.05, 0.1) is 38.4 Å². The van der Waals surface area contributed by atoms with E-state index in [1.54, 1.807) is 19.2 Å². The Morgan fingerprint density at radius 1 is 0.920 bits per heavy atom. The first-order valence-electron chi connectivity index (χ1n) is 7.26. The van der Waals surface area contributed by atoms with Crippen molar-refractivity contribution in [3.63, 3.8) is 0 Å². The van der Waals surface area contributed by atoms with Gasteiger partial charge in [-0.05, 0) is 6.07 Å². The van der Waals surface area contributed by atoms with Crippen LogP contribution in [0.1, 0.15) is 11.5 Å². The predicted molar refractivity (Wildman–Crippen MR) is 88.0 cm³/mol. The molecule has 0 spiro atoms. The van der Waals surface area contributed by atoms with E-state index in [0.29, 0.717) is 11.3 Å². The molecule has 2 rings (SSSR count). The lowest BCUT2D eigenvalue weighted by molar-refractivity contribution is -0.133. The van der Waals surface area contributed by atoms with Gasteiger partial charge in [-0.1, -0.05) is 6.07 Å². The van der Waals surface area contributed by atoms with Crippen LogP contribution in [0.2, 0.25) is 0 Å². The minimum Gasteiger partial charge on any atom is -0.493 e. The summed E-state index contributed by atoms with van der Waals surface area (Å²) in [6.45, 7) is 0. The molecule has 1 aromatic rings. The van der Waals surface area contributed by atoms with E-state index in [0.717, 1.165) is 0 Å². The van der Waals surface area contributed by atoms with Crippen LogP contribution in [0.25, 0.3) is 0 Å². The normalized spacial score (nSPS) is 14.5. The molecule has 0 saturated heterocycles. The van der Waals surface area contributed by atoms with Crippen molar-refractivity contribution in [1.29, 1.82) is 0 Å². The van der Waals surface area contributed by atoms with E-state index in [4.69, 9.17) is 14.2 Å². The molecule has 134 valence electrons. The Bertz CT molecular complexity index is 735. The number of ether oxygens (including phenoxy) is 3. The maximum absolute atomic E-state index is 11.7. The minimum absolute atomic E-state index is 0.0899. The molecule has 0 fully saturated rings. The second-order valence-corrected chi connectivity index (χ2v) is 5.30. The second-order valence-electron chi connectivity index (χ2n) is 5.30. The molecule has 0 unspecified atom stereocenters. The lowest BCUT2D eigenvalue weighted by atomic mass is 9.82. The van der Waals surface area contributed by atoms with Gasteiger partial charge >= 0.3 is 11.9 Å². The van der Waals surface area contributed by atoms with Crippen molar-refractivity contribution >= 4 is 11.9 Å². The Kier molecular flexibility index (Phi) is 5.21. The third-order valence-corrected chi connectivity index (χ3v) is 3.85. The number of hydrogen-bond acceptors (Lipinski definition) is 6. The fourth-order valence-corrected chi connectivity index (χ4v) is 2.84. The molecule has 8 heteroatoms. The highest BCUT2D eigenvalue weighted by Crippen LogP contribution is 2.47. The van der Waals surface area contributed by atoms with Gasteiger partial charge in [-0.2, -0.15) is 0 Å². The van der Waals surface area contributed by atoms with Crippen LogP contribution in [0.4, 0.5) is 0 Å². The van der Waals surface area contributed by atoms with Crippen LogP contribution in [0, 0.1) is 0 Å². The van der Waals surface area contributed by atoms with Gasteiger partial charge < -0.3 is 29.3 Å². The van der Waals surface area contributed by atoms with E-state index in [2.05, 4.69) is 0 Å². The van der Waals surface area contributed by atoms with Crippen molar-refractivity contribution in [1.82, 2.24) is 4.90 Å². The number of rotatable bonds is 6. The summed E-state index contributed by atoms with van der Waals surface area (Å²) in [6.07, 6.45) is 2.74. The van der Waals surface area contributed by atoms with Crippen LogP contribution in [0.3, 0.4) is 0 Å². The molecule has 2 N–H and O–H groups in total. The largest absolute Gasteiger partial charge is 0.493 e. The summed E-state index contributed by atoms with van der Waals surface area (Å²) in [5.41, 5.74) is 0.177. The van der Waals surface area contributed by atoms with Gasteiger partial charge in [0.25, 0.3) is 0 Å². The van der Waals surface area contributed by atoms with Crippen molar-refractivity contribution < 1.29 is 34.0 Å². The van der Waals surface area contributed by atoms with E-state index in [9.17, 15) is 19.8 Å². The monoisotopic (exact) mass is 349 g/mol. The van der Waals surface area contributed by atoms with Gasteiger partial charge in [0.15, 0.2) is 11.5 Å². The topological polar surface area (TPSA) is 106 Å². The van der Waals surface area contributed by atoms with E-state index < -0.39 is 17.9 Å². The lowest BCUT2D eigenvalue weighted by Crippen LogP contribution is -2.26. The fraction of sp³-hybridized carbons (Fsp3) is 0.294. The molecule has 0 atom stereocenters. The zero-order valence-corrected chi connectivity index (χ0v) is 14.3. The maximum Gasteiger partial charge on any atom is 0.334 e. The first-order chi connectivity index (χ1) is 11.8. The molecule has 0 aliphatic carbocycles. The number of carboxylic acids is 2. The van der Waals surface area contributed by atoms with Crippen LogP contribution >= 0.6 is 0 Å². The summed E-state index contributed by atoms with van der Waals surface area (Å²) >= 11 is 0. The van der Waals surface area contributed by atoms with Crippen molar-refractivity contribution in [2.24, 2.45) is 0 Å². The number of carboxylic acid groups (broad SMARTS) is 2. The Labute approximate surface area is 144 Å². The van der Waals surface area contributed by atoms with Crippen LogP contribution in [0.5, 0.6) is 17.2 Å². The Hall–Kier alpha value is -3.16. The van der Waals surface area contributed by atoms with E-state index in [-0.39, 0.29) is 22.6 Å². The molecule has 1 heterocycles. The van der Waals surface area contributed by atoms with Crippen LogP contribution < -0.4 is 14.2 Å². The lowest BCUT2D eigenvalue weighted by Gasteiger charge is -2.28. The third kappa shape index (κ3) is 3.23. The molecular weight excluding hydrogens is 330 g/mol. The van der Waals surface area contributed by atoms with Gasteiger partial charge in [0.2, 0.25) is 5.75 Å². The maximum atomic E-state index is 11.7. The van der Waals surface area contributed by atoms with Crippen molar-refractivity contribution in [2.75, 3.05) is 28.4 Å². The minimum atomic E-state index is -1.22. The zero-order chi connectivity index (χ0) is 18.7. The summed E-state index contributed by atoms with van der Waals surface area (Å²) < 4.78 is 15.9. The number of methoxy groups -OCH3 is 3. The predicted octanol–water partition coefficient (Wildman–Crippen LogP) is 1.68. The average Bonchev–Trinajstić information content (AvgIpc) is 2.59. The number of aliphatic carboxylic acids is 2. The molecule has 8 nitrogen and oxygen atoms in total. The summed E-state index contributed by atoms with van der Waals surface area (Å²) in [5.74, 6) is -2.61. The summed E-state index contributed by atoms with van der Waals surface area (Å²) in [4.78, 5) is 24.8. The highest BCUT2D eigenvalue weighted by molar-refractivity contribution is 5.97. The molecule has 0 bridgehead atoms. The molecule has 0 amide bonds. The summed E-state index contributed by atoms with van der Waals surface area (Å²) in [5, 5.41) is 19.1. The molecule has 0 saturated carbocycles. The van der Waals surface area contributed by atoms with Gasteiger partial charge in [0, 0.05) is 25.0 Å². The summed E-state index contributed by atoms with van der Waals surface area (Å²) in [6, 6.07) is 3.15. The van der Waals surface area contributed by atoms with Crippen molar-refractivity contribution in [2.45, 2.75) is 5.92 Å². The average molecular weight is 349 g/mol. The third-order valence-electron chi connectivity index (χ3n) is 3.85. The first kappa shape index (κ1) is 18.2. The summed E-state index contributed by atoms with van der Waals surface area (Å²) in [7, 11) is 5.83. The van der Waals surface area contributed by atoms with Crippen LogP contribution in [-0.2, 0) is 9.59 Å². The molecule has 0 radical (unpaired) electrons. The van der Waals surface area contributed by atoms with Crippen LogP contribution in [0.15, 0.2) is 35.7 Å². The quantitative estimate of drug-likeness (QED) is 0.799. The number of hydrogen-bond donors (Lipinski definition) is 2. The molecule has 1 aromatic carbocycles. The highest BCUT2D eigenvalue weighted by Gasteiger charge is 2.36. The Morgan fingerprint density at radius 2 is 1.44 bits per heavy atom. The van der Waals surface area contributed by atoms with Gasteiger partial charge in [-0.15, -0.1) is 0 Å². The molecule has 0 aromatic heterocycles.